The van der Waals surface area contributed by atoms with Crippen LogP contribution in [0.2, 0.25) is 0 Å². The summed E-state index contributed by atoms with van der Waals surface area (Å²) in [6.45, 7) is -0.809. The lowest BCUT2D eigenvalue weighted by Crippen LogP contribution is -2.32. The predicted molar refractivity (Wildman–Crippen MR) is 34.3 cm³/mol. The smallest absolute Gasteiger partial charge is 0.154 e. The molecule has 1 aliphatic rings. The zero-order valence-electron chi connectivity index (χ0n) is 5.84. The van der Waals surface area contributed by atoms with Gasteiger partial charge in [0.1, 0.15) is 18.3 Å². The van der Waals surface area contributed by atoms with E-state index in [1.165, 1.54) is 0 Å². The second-order valence-electron chi connectivity index (χ2n) is 2.40. The van der Waals surface area contributed by atoms with E-state index >= 15 is 0 Å². The molecule has 0 aromatic heterocycles. The molecule has 0 saturated carbocycles. The summed E-state index contributed by atoms with van der Waals surface area (Å²) >= 11 is 0. The van der Waals surface area contributed by atoms with Gasteiger partial charge in [0.15, 0.2) is 6.10 Å². The quantitative estimate of drug-likeness (QED) is 0.365. The lowest BCUT2D eigenvalue weighted by Gasteiger charge is -2.10. The van der Waals surface area contributed by atoms with E-state index in [2.05, 4.69) is 0 Å². The molecule has 0 aliphatic carbocycles. The maximum Gasteiger partial charge on any atom is 0.154 e. The first kappa shape index (κ1) is 8.89. The molecule has 1 heterocycles. The molecule has 5 nitrogen and oxygen atoms in total. The molecule has 0 spiro atoms. The van der Waals surface area contributed by atoms with Gasteiger partial charge in [-0.05, 0) is 0 Å². The van der Waals surface area contributed by atoms with Crippen molar-refractivity contribution in [2.45, 2.75) is 18.3 Å². The van der Waals surface area contributed by atoms with Crippen molar-refractivity contribution in [2.75, 3.05) is 13.2 Å². The highest BCUT2D eigenvalue weighted by molar-refractivity contribution is 5.01. The van der Waals surface area contributed by atoms with Gasteiger partial charge in [0.2, 0.25) is 0 Å². The van der Waals surface area contributed by atoms with E-state index in [0.717, 1.165) is 0 Å². The molecule has 65 valence electrons. The first-order valence-electron chi connectivity index (χ1n) is 3.31. The molecule has 0 aromatic rings. The third-order valence-corrected chi connectivity index (χ3v) is 1.67. The summed E-state index contributed by atoms with van der Waals surface area (Å²) in [5, 5.41) is 35.3. The van der Waals surface area contributed by atoms with E-state index in [9.17, 15) is 0 Å². The van der Waals surface area contributed by atoms with E-state index in [-0.39, 0.29) is 12.7 Å². The van der Waals surface area contributed by atoms with Gasteiger partial charge in [-0.1, -0.05) is 0 Å². The summed E-state index contributed by atoms with van der Waals surface area (Å²) in [6.07, 6.45) is -3.12. The Balaban J connectivity index is 2.53. The Labute approximate surface area is 63.8 Å². The monoisotopic (exact) mass is 163 g/mol. The summed E-state index contributed by atoms with van der Waals surface area (Å²) < 4.78 is 4.80. The molecule has 1 saturated heterocycles. The van der Waals surface area contributed by atoms with Crippen LogP contribution in [0.25, 0.3) is 0 Å². The second kappa shape index (κ2) is 3.46. The molecule has 0 amide bonds. The third-order valence-electron chi connectivity index (χ3n) is 1.67. The number of rotatable bonds is 2. The highest BCUT2D eigenvalue weighted by Crippen LogP contribution is 2.25. The molecule has 0 bridgehead atoms. The molecular formula is C6H11O5. The first-order valence-corrected chi connectivity index (χ1v) is 3.31. The van der Waals surface area contributed by atoms with Gasteiger partial charge in [0, 0.05) is 0 Å². The van der Waals surface area contributed by atoms with E-state index in [1.807, 2.05) is 0 Å². The summed E-state index contributed by atoms with van der Waals surface area (Å²) in [4.78, 5) is 0. The van der Waals surface area contributed by atoms with Crippen molar-refractivity contribution < 1.29 is 25.2 Å². The van der Waals surface area contributed by atoms with Gasteiger partial charge in [0.25, 0.3) is 0 Å². The minimum Gasteiger partial charge on any atom is -0.394 e. The number of aliphatic hydroxyl groups excluding tert-OH is 4. The summed E-state index contributed by atoms with van der Waals surface area (Å²) in [5.74, 6) is 0. The Bertz CT molecular complexity index is 110. The Kier molecular flexibility index (Phi) is 2.80. The molecule has 1 rings (SSSR count). The molecule has 1 radical (unpaired) electrons. The SMILES string of the molecule is OC[C]1O[C@H](CO)[C@H](O)[C@H]1O. The molecule has 0 aromatic carbocycles. The minimum atomic E-state index is -1.18. The van der Waals surface area contributed by atoms with Gasteiger partial charge in [-0.3, -0.25) is 0 Å². The van der Waals surface area contributed by atoms with Crippen LogP contribution in [0, 0.1) is 6.10 Å². The third kappa shape index (κ3) is 1.52. The molecular weight excluding hydrogens is 152 g/mol. The molecule has 5 heteroatoms. The van der Waals surface area contributed by atoms with Crippen LogP contribution in [0.3, 0.4) is 0 Å². The largest absolute Gasteiger partial charge is 0.394 e. The van der Waals surface area contributed by atoms with Crippen LogP contribution >= 0.6 is 0 Å². The fraction of sp³-hybridized carbons (Fsp3) is 0.833. The van der Waals surface area contributed by atoms with E-state index in [4.69, 9.17) is 25.2 Å². The van der Waals surface area contributed by atoms with Crippen LogP contribution in [-0.4, -0.2) is 52.0 Å². The van der Waals surface area contributed by atoms with Crippen LogP contribution in [0.1, 0.15) is 0 Å². The van der Waals surface area contributed by atoms with Crippen LogP contribution in [-0.2, 0) is 4.74 Å². The zero-order valence-corrected chi connectivity index (χ0v) is 5.84. The van der Waals surface area contributed by atoms with Crippen molar-refractivity contribution in [2.24, 2.45) is 0 Å². The first-order chi connectivity index (χ1) is 5.20. The van der Waals surface area contributed by atoms with Crippen LogP contribution in [0.4, 0.5) is 0 Å². The maximum atomic E-state index is 9.09. The van der Waals surface area contributed by atoms with Gasteiger partial charge >= 0.3 is 0 Å². The lowest BCUT2D eigenvalue weighted by molar-refractivity contribution is -0.00787. The Hall–Kier alpha value is -0.200. The van der Waals surface area contributed by atoms with Crippen molar-refractivity contribution >= 4 is 0 Å². The van der Waals surface area contributed by atoms with Gasteiger partial charge in [0.05, 0.1) is 13.2 Å². The van der Waals surface area contributed by atoms with Crippen molar-refractivity contribution in [3.05, 3.63) is 6.10 Å². The fourth-order valence-corrected chi connectivity index (χ4v) is 1.00. The number of hydrogen-bond acceptors (Lipinski definition) is 5. The van der Waals surface area contributed by atoms with Crippen LogP contribution in [0.15, 0.2) is 0 Å². The van der Waals surface area contributed by atoms with E-state index in [1.54, 1.807) is 0 Å². The molecule has 1 fully saturated rings. The Morgan fingerprint density at radius 2 is 1.91 bits per heavy atom. The molecule has 1 aliphatic heterocycles. The topological polar surface area (TPSA) is 90.2 Å². The van der Waals surface area contributed by atoms with Crippen LogP contribution in [0.5, 0.6) is 0 Å². The fourth-order valence-electron chi connectivity index (χ4n) is 1.00. The van der Waals surface area contributed by atoms with Crippen molar-refractivity contribution in [3.8, 4) is 0 Å². The standard InChI is InChI=1S/C6H11O5/c7-1-3-5(9)6(10)4(2-8)11-3/h3,5-10H,1-2H2/t3-,5+,6+/m1/s1. The summed E-state index contributed by atoms with van der Waals surface area (Å²) in [6, 6.07) is 0. The normalized spacial score (nSPS) is 39.8. The number of hydrogen-bond donors (Lipinski definition) is 4. The van der Waals surface area contributed by atoms with Crippen LogP contribution < -0.4 is 0 Å². The van der Waals surface area contributed by atoms with Gasteiger partial charge in [-0.15, -0.1) is 0 Å². The minimum absolute atomic E-state index is 0.0107. The van der Waals surface area contributed by atoms with Crippen molar-refractivity contribution in [1.29, 1.82) is 0 Å². The second-order valence-corrected chi connectivity index (χ2v) is 2.40. The lowest BCUT2D eigenvalue weighted by atomic mass is 10.1. The van der Waals surface area contributed by atoms with E-state index in [0.29, 0.717) is 0 Å². The van der Waals surface area contributed by atoms with Crippen molar-refractivity contribution in [1.82, 2.24) is 0 Å². The summed E-state index contributed by atoms with van der Waals surface area (Å²) in [5.41, 5.74) is 0. The van der Waals surface area contributed by atoms with Gasteiger partial charge < -0.3 is 25.2 Å². The Morgan fingerprint density at radius 1 is 1.27 bits per heavy atom. The Morgan fingerprint density at radius 3 is 2.18 bits per heavy atom. The number of aliphatic hydroxyl groups is 4. The molecule has 3 atom stereocenters. The average molecular weight is 163 g/mol. The zero-order chi connectivity index (χ0) is 8.43. The van der Waals surface area contributed by atoms with Gasteiger partial charge in [-0.2, -0.15) is 0 Å². The van der Waals surface area contributed by atoms with Gasteiger partial charge in [-0.25, -0.2) is 0 Å². The van der Waals surface area contributed by atoms with Crippen molar-refractivity contribution in [3.63, 3.8) is 0 Å². The average Bonchev–Trinajstić information content (AvgIpc) is 2.30. The van der Waals surface area contributed by atoms with E-state index < -0.39 is 24.9 Å². The highest BCUT2D eigenvalue weighted by atomic mass is 16.6. The summed E-state index contributed by atoms with van der Waals surface area (Å²) in [7, 11) is 0. The molecule has 0 unspecified atom stereocenters. The molecule has 4 N–H and O–H groups in total. The predicted octanol–water partition coefficient (Wildman–Crippen LogP) is -2.38. The maximum absolute atomic E-state index is 9.09. The highest BCUT2D eigenvalue weighted by Gasteiger charge is 2.42. The number of ether oxygens (including phenoxy) is 1. The molecule has 11 heavy (non-hydrogen) atoms.